The molecule has 8 nitrogen and oxygen atoms in total. The molecule has 0 spiro atoms. The summed E-state index contributed by atoms with van der Waals surface area (Å²) in [6.07, 6.45) is 10.3. The highest BCUT2D eigenvalue weighted by Crippen LogP contribution is 2.30. The Bertz CT molecular complexity index is 913. The second-order valence-corrected chi connectivity index (χ2v) is 9.89. The monoisotopic (exact) mass is 494 g/mol. The van der Waals surface area contributed by atoms with Crippen molar-refractivity contribution in [2.75, 3.05) is 37.8 Å². The third-order valence-electron chi connectivity index (χ3n) is 7.07. The molecule has 35 heavy (non-hydrogen) atoms. The highest BCUT2D eigenvalue weighted by molar-refractivity contribution is 5.82. The highest BCUT2D eigenvalue weighted by Gasteiger charge is 2.33. The van der Waals surface area contributed by atoms with Gasteiger partial charge in [0.15, 0.2) is 0 Å². The molecule has 2 saturated heterocycles. The second kappa shape index (κ2) is 11.5. The molecular formula is C25H36F2N4O4. The molecule has 2 fully saturated rings. The van der Waals surface area contributed by atoms with Crippen molar-refractivity contribution in [3.8, 4) is 0 Å². The van der Waals surface area contributed by atoms with Gasteiger partial charge < -0.3 is 24.2 Å². The molecule has 1 atom stereocenters. The number of aromatic nitrogens is 2. The van der Waals surface area contributed by atoms with E-state index in [2.05, 4.69) is 15.5 Å². The number of halogens is 2. The molecule has 10 heteroatoms. The van der Waals surface area contributed by atoms with E-state index in [1.165, 1.54) is 0 Å². The van der Waals surface area contributed by atoms with Crippen molar-refractivity contribution in [1.82, 2.24) is 15.5 Å². The summed E-state index contributed by atoms with van der Waals surface area (Å²) >= 11 is 0. The van der Waals surface area contributed by atoms with E-state index in [-0.39, 0.29) is 23.8 Å². The number of nitrogens with zero attached hydrogens (tertiary/aromatic N) is 3. The molecule has 1 aliphatic carbocycles. The normalized spacial score (nSPS) is 22.5. The van der Waals surface area contributed by atoms with Gasteiger partial charge in [0, 0.05) is 39.3 Å². The number of hydrogen-bond acceptors (Lipinski definition) is 7. The van der Waals surface area contributed by atoms with Crippen LogP contribution in [-0.2, 0) is 20.2 Å². The summed E-state index contributed by atoms with van der Waals surface area (Å²) in [5.74, 6) is -2.16. The predicted octanol–water partition coefficient (Wildman–Crippen LogP) is 4.34. The van der Waals surface area contributed by atoms with Gasteiger partial charge in [0.25, 0.3) is 11.8 Å². The summed E-state index contributed by atoms with van der Waals surface area (Å²) in [5, 5.41) is 6.87. The van der Waals surface area contributed by atoms with Gasteiger partial charge in [-0.2, -0.15) is 13.8 Å². The van der Waals surface area contributed by atoms with E-state index in [9.17, 15) is 13.6 Å². The Morgan fingerprint density at radius 2 is 2.00 bits per heavy atom. The fourth-order valence-electron chi connectivity index (χ4n) is 4.87. The minimum atomic E-state index is -3.12. The fourth-order valence-corrected chi connectivity index (χ4v) is 4.87. The fraction of sp³-hybridized carbons (Fsp3) is 0.720. The van der Waals surface area contributed by atoms with Crippen molar-refractivity contribution >= 4 is 11.9 Å². The van der Waals surface area contributed by atoms with Gasteiger partial charge >= 0.3 is 5.92 Å². The molecule has 0 aromatic carbocycles. The number of hydrogen-bond donors (Lipinski definition) is 1. The maximum atomic E-state index is 13.3. The number of anilines is 1. The molecule has 1 amide bonds. The Hall–Kier alpha value is -2.49. The van der Waals surface area contributed by atoms with Gasteiger partial charge in [-0.15, -0.1) is 0 Å². The van der Waals surface area contributed by atoms with Crippen LogP contribution in [0.4, 0.5) is 14.7 Å². The zero-order valence-corrected chi connectivity index (χ0v) is 20.6. The third-order valence-corrected chi connectivity index (χ3v) is 7.07. The van der Waals surface area contributed by atoms with Gasteiger partial charge in [0.1, 0.15) is 5.76 Å². The van der Waals surface area contributed by atoms with Gasteiger partial charge in [0.05, 0.1) is 12.5 Å². The first kappa shape index (κ1) is 25.6. The lowest BCUT2D eigenvalue weighted by Crippen LogP contribution is -2.42. The lowest BCUT2D eigenvalue weighted by Gasteiger charge is -2.31. The molecule has 0 radical (unpaired) electrons. The first-order valence-corrected chi connectivity index (χ1v) is 12.7. The summed E-state index contributed by atoms with van der Waals surface area (Å²) in [6.45, 7) is 6.25. The molecule has 3 aliphatic rings. The predicted molar refractivity (Wildman–Crippen MR) is 126 cm³/mol. The van der Waals surface area contributed by atoms with Crippen molar-refractivity contribution in [3.05, 3.63) is 29.4 Å². The first-order valence-electron chi connectivity index (χ1n) is 12.7. The van der Waals surface area contributed by atoms with Crippen molar-refractivity contribution in [3.63, 3.8) is 0 Å². The van der Waals surface area contributed by atoms with Crippen LogP contribution in [0.25, 0.3) is 0 Å². The number of alkyl halides is 2. The summed E-state index contributed by atoms with van der Waals surface area (Å²) in [6, 6.07) is 0.211. The van der Waals surface area contributed by atoms with Crippen LogP contribution in [0.1, 0.15) is 64.7 Å². The van der Waals surface area contributed by atoms with Crippen molar-refractivity contribution in [1.29, 1.82) is 0 Å². The summed E-state index contributed by atoms with van der Waals surface area (Å²) in [5.41, 5.74) is 1.03. The number of carbonyl (C=O) groups is 1. The van der Waals surface area contributed by atoms with Gasteiger partial charge in [-0.1, -0.05) is 5.57 Å². The Morgan fingerprint density at radius 1 is 1.26 bits per heavy atom. The molecular weight excluding hydrogens is 458 g/mol. The Labute approximate surface area is 205 Å². The molecule has 1 aromatic heterocycles. The summed E-state index contributed by atoms with van der Waals surface area (Å²) < 4.78 is 42.7. The van der Waals surface area contributed by atoms with Gasteiger partial charge in [-0.3, -0.25) is 4.79 Å². The zero-order valence-electron chi connectivity index (χ0n) is 20.6. The minimum Gasteiger partial charge on any atom is -0.494 e. The van der Waals surface area contributed by atoms with Crippen LogP contribution < -0.4 is 10.2 Å². The van der Waals surface area contributed by atoms with Gasteiger partial charge in [-0.25, -0.2) is 0 Å². The topological polar surface area (TPSA) is 89.7 Å². The number of allylic oxidation sites excluding steroid dienone is 2. The van der Waals surface area contributed by atoms with Crippen LogP contribution in [0.2, 0.25) is 0 Å². The molecule has 0 saturated carbocycles. The Balaban J connectivity index is 1.12. The van der Waals surface area contributed by atoms with E-state index in [4.69, 9.17) is 14.0 Å². The maximum absolute atomic E-state index is 13.3. The molecule has 2 aliphatic heterocycles. The molecule has 1 aromatic rings. The number of piperidine rings is 1. The number of rotatable bonds is 9. The third kappa shape index (κ3) is 7.02. The quantitative estimate of drug-likeness (QED) is 0.511. The van der Waals surface area contributed by atoms with Crippen molar-refractivity contribution in [2.24, 2.45) is 11.8 Å². The molecule has 4 rings (SSSR count). The van der Waals surface area contributed by atoms with Crippen LogP contribution in [0.5, 0.6) is 0 Å². The lowest BCUT2D eigenvalue weighted by molar-refractivity contribution is -0.125. The van der Waals surface area contributed by atoms with E-state index >= 15 is 0 Å². The largest absolute Gasteiger partial charge is 0.494 e. The molecule has 1 unspecified atom stereocenters. The molecule has 3 heterocycles. The number of carbonyl (C=O) groups excluding carboxylic acids is 1. The minimum absolute atomic E-state index is 0.0905. The summed E-state index contributed by atoms with van der Waals surface area (Å²) in [4.78, 5) is 18.4. The zero-order chi connectivity index (χ0) is 24.8. The molecule has 0 bridgehead atoms. The smallest absolute Gasteiger partial charge is 0.322 e. The Kier molecular flexibility index (Phi) is 8.41. The standard InChI is InChI=1S/C25H36F2N4O4/c1-17-16-20(5-6-21(17)22(32)28-19-9-14-33-15-10-19)34-13-3-4-18-7-11-31(12-8-18)24-29-23(35-30-24)25(2,26)27/h5,16,18-19,21H,3-4,6-15H2,1-2H3,(H,28,32). The first-order chi connectivity index (χ1) is 16.8. The van der Waals surface area contributed by atoms with Crippen LogP contribution in [0.3, 0.4) is 0 Å². The summed E-state index contributed by atoms with van der Waals surface area (Å²) in [7, 11) is 0. The van der Waals surface area contributed by atoms with E-state index in [0.29, 0.717) is 32.2 Å². The van der Waals surface area contributed by atoms with E-state index in [1.807, 2.05) is 24.0 Å². The van der Waals surface area contributed by atoms with Crippen molar-refractivity contribution < 1.29 is 27.6 Å². The van der Waals surface area contributed by atoms with Crippen LogP contribution in [0, 0.1) is 11.8 Å². The SMILES string of the molecule is CC1=CC(OCCCC2CCN(c3noc(C(C)(F)F)n3)CC2)=CCC1C(=O)NC1CCOCC1. The Morgan fingerprint density at radius 3 is 2.66 bits per heavy atom. The number of amides is 1. The van der Waals surface area contributed by atoms with E-state index in [0.717, 1.165) is 69.9 Å². The van der Waals surface area contributed by atoms with Crippen molar-refractivity contribution in [2.45, 2.75) is 70.8 Å². The molecule has 194 valence electrons. The van der Waals surface area contributed by atoms with Gasteiger partial charge in [0.2, 0.25) is 5.91 Å². The second-order valence-electron chi connectivity index (χ2n) is 9.89. The van der Waals surface area contributed by atoms with Crippen LogP contribution >= 0.6 is 0 Å². The lowest BCUT2D eigenvalue weighted by atomic mass is 9.90. The van der Waals surface area contributed by atoms with E-state index in [1.54, 1.807) is 0 Å². The molecule has 1 N–H and O–H groups in total. The van der Waals surface area contributed by atoms with Crippen LogP contribution in [-0.4, -0.2) is 55.0 Å². The number of ether oxygens (including phenoxy) is 2. The average Bonchev–Trinajstić information content (AvgIpc) is 3.34. The highest BCUT2D eigenvalue weighted by atomic mass is 19.3. The maximum Gasteiger partial charge on any atom is 0.322 e. The van der Waals surface area contributed by atoms with Gasteiger partial charge in [-0.05, 0) is 75.1 Å². The average molecular weight is 495 g/mol. The number of nitrogens with one attached hydrogen (secondary N) is 1. The van der Waals surface area contributed by atoms with E-state index < -0.39 is 11.8 Å². The van der Waals surface area contributed by atoms with Crippen LogP contribution in [0.15, 0.2) is 28.0 Å².